The Hall–Kier alpha value is -10.6. The van der Waals surface area contributed by atoms with Gasteiger partial charge in [-0.05, 0) is 91.3 Å². The molecule has 0 spiro atoms. The second-order valence-corrected chi connectivity index (χ2v) is 23.4. The van der Waals surface area contributed by atoms with Crippen LogP contribution in [0.1, 0.15) is 5.56 Å². The van der Waals surface area contributed by atoms with E-state index >= 15 is 0 Å². The van der Waals surface area contributed by atoms with Crippen LogP contribution in [-0.2, 0) is 0 Å². The first-order valence-corrected chi connectivity index (χ1v) is 29.1. The fourth-order valence-corrected chi connectivity index (χ4v) is 15.7. The summed E-state index contributed by atoms with van der Waals surface area (Å²) in [6.45, 7) is 9.85. The quantitative estimate of drug-likeness (QED) is 0.153. The highest BCUT2D eigenvalue weighted by Crippen LogP contribution is 2.55. The monoisotopic (exact) mass is 1070 g/mol. The molecule has 0 aliphatic carbocycles. The van der Waals surface area contributed by atoms with E-state index in [0.717, 1.165) is 136 Å². The van der Waals surface area contributed by atoms with Gasteiger partial charge in [0.05, 0.1) is 55.0 Å². The van der Waals surface area contributed by atoms with Crippen LogP contribution in [0.5, 0.6) is 0 Å². The molecule has 13 aromatic carbocycles. The van der Waals surface area contributed by atoms with Crippen molar-refractivity contribution < 1.29 is 0 Å². The summed E-state index contributed by atoms with van der Waals surface area (Å²) in [5.74, 6) is 0. The summed E-state index contributed by atoms with van der Waals surface area (Å²) in [4.78, 5) is 4.81. The lowest BCUT2D eigenvalue weighted by atomic mass is 9.87. The molecule has 0 fully saturated rings. The molecule has 0 bridgehead atoms. The molecule has 0 saturated carbocycles. The molecule has 6 heteroatoms. The number of nitriles is 1. The highest BCUT2D eigenvalue weighted by molar-refractivity contribution is 7.27. The van der Waals surface area contributed by atoms with Crippen LogP contribution in [0.3, 0.4) is 0 Å². The van der Waals surface area contributed by atoms with E-state index in [4.69, 9.17) is 4.85 Å². The Labute approximate surface area is 478 Å². The largest absolute Gasteiger partial charge is 0.317 e. The predicted octanol–water partition coefficient (Wildman–Crippen LogP) is 22.0. The van der Waals surface area contributed by atoms with Gasteiger partial charge in [0.1, 0.15) is 6.07 Å². The van der Waals surface area contributed by atoms with Crippen molar-refractivity contribution in [2.24, 2.45) is 0 Å². The van der Waals surface area contributed by atoms with Gasteiger partial charge >= 0.3 is 0 Å². The number of benzene rings is 13. The second-order valence-electron chi connectivity index (χ2n) is 21.3. The van der Waals surface area contributed by atoms with Crippen LogP contribution < -0.4 is 0 Å². The zero-order chi connectivity index (χ0) is 54.2. The van der Waals surface area contributed by atoms with E-state index in [9.17, 15) is 11.8 Å². The van der Waals surface area contributed by atoms with E-state index < -0.39 is 0 Å². The van der Waals surface area contributed by atoms with Crippen LogP contribution >= 0.6 is 22.7 Å². The van der Waals surface area contributed by atoms with Crippen molar-refractivity contribution in [3.05, 3.63) is 272 Å². The van der Waals surface area contributed by atoms with E-state index in [1.165, 1.54) is 20.2 Å². The van der Waals surface area contributed by atoms with E-state index in [-0.39, 0.29) is 0 Å². The lowest BCUT2D eigenvalue weighted by Gasteiger charge is -2.26. The van der Waals surface area contributed by atoms with Gasteiger partial charge in [0, 0.05) is 63.6 Å². The number of aromatic nitrogens is 2. The van der Waals surface area contributed by atoms with Crippen LogP contribution in [0.4, 0.5) is 5.69 Å². The third-order valence-electron chi connectivity index (χ3n) is 16.9. The van der Waals surface area contributed by atoms with Crippen molar-refractivity contribution >= 4 is 134 Å². The fourth-order valence-electron chi connectivity index (χ4n) is 13.3. The molecule has 0 atom stereocenters. The Balaban J connectivity index is 1.17. The zero-order valence-electron chi connectivity index (χ0n) is 43.9. The van der Waals surface area contributed by atoms with Gasteiger partial charge < -0.3 is 9.13 Å². The van der Waals surface area contributed by atoms with Crippen molar-refractivity contribution in [3.63, 3.8) is 0 Å². The van der Waals surface area contributed by atoms with Gasteiger partial charge in [0.2, 0.25) is 5.69 Å². The Morgan fingerprint density at radius 1 is 0.341 bits per heavy atom. The smallest absolute Gasteiger partial charge is 0.220 e. The lowest BCUT2D eigenvalue weighted by Crippen LogP contribution is -2.09. The minimum absolute atomic E-state index is 0.401. The topological polar surface area (TPSA) is 38.0 Å². The molecule has 0 saturated heterocycles. The van der Waals surface area contributed by atoms with E-state index in [1.807, 2.05) is 0 Å². The number of nitrogens with zero attached hydrogens (tertiary/aromatic N) is 4. The SMILES string of the molecule is [C-]#[N+]c1c(-c2ccc3ccccc3c2)c(C#N)c(-n2c3cc(-c4ccccc4)ccc3c3ccc4c5ccccc5sc4c32)c(-c2ccc3ccccc3c2)c1-n1c2cc(-c3ccccc3)ccc2c2ccc3c4ccccc4sc3c21. The maximum Gasteiger partial charge on any atom is 0.220 e. The van der Waals surface area contributed by atoms with Crippen molar-refractivity contribution in [3.8, 4) is 62.0 Å². The Morgan fingerprint density at radius 2 is 0.756 bits per heavy atom. The Bertz CT molecular complexity index is 5400. The van der Waals surface area contributed by atoms with Crippen LogP contribution in [-0.4, -0.2) is 9.13 Å². The zero-order valence-corrected chi connectivity index (χ0v) is 45.5. The minimum Gasteiger partial charge on any atom is -0.317 e. The van der Waals surface area contributed by atoms with Crippen LogP contribution in [0.15, 0.2) is 255 Å². The van der Waals surface area contributed by atoms with Gasteiger partial charge in [-0.25, -0.2) is 4.85 Å². The molecule has 378 valence electrons. The summed E-state index contributed by atoms with van der Waals surface area (Å²) in [6, 6.07) is 94.3. The van der Waals surface area contributed by atoms with Gasteiger partial charge in [-0.1, -0.05) is 218 Å². The fraction of sp³-hybridized carbons (Fsp3) is 0. The average Bonchev–Trinajstić information content (AvgIpc) is 3.42. The molecule has 4 nitrogen and oxygen atoms in total. The summed E-state index contributed by atoms with van der Waals surface area (Å²) in [7, 11) is 0. The number of thiophene rings is 2. The number of hydrogen-bond donors (Lipinski definition) is 0. The van der Waals surface area contributed by atoms with E-state index in [2.05, 4.69) is 270 Å². The normalized spacial score (nSPS) is 11.9. The molecule has 17 aromatic rings. The molecular formula is C76H42N4S2. The van der Waals surface area contributed by atoms with E-state index in [1.54, 1.807) is 22.7 Å². The number of fused-ring (bicyclic) bond motifs is 16. The number of rotatable bonds is 6. The average molecular weight is 1080 g/mol. The first kappa shape index (κ1) is 46.3. The van der Waals surface area contributed by atoms with Gasteiger partial charge in [-0.2, -0.15) is 5.26 Å². The second kappa shape index (κ2) is 18.0. The molecule has 4 aromatic heterocycles. The molecule has 0 aliphatic heterocycles. The van der Waals surface area contributed by atoms with Gasteiger partial charge in [-0.3, -0.25) is 0 Å². The molecule has 0 N–H and O–H groups in total. The Morgan fingerprint density at radius 3 is 1.26 bits per heavy atom. The van der Waals surface area contributed by atoms with Gasteiger partial charge in [0.25, 0.3) is 0 Å². The van der Waals surface area contributed by atoms with Crippen LogP contribution in [0, 0.1) is 17.9 Å². The first-order chi connectivity index (χ1) is 40.6. The molecule has 17 rings (SSSR count). The third kappa shape index (κ3) is 6.75. The molecular weight excluding hydrogens is 1030 g/mol. The molecule has 0 aliphatic rings. The molecule has 0 radical (unpaired) electrons. The highest BCUT2D eigenvalue weighted by atomic mass is 32.1. The first-order valence-electron chi connectivity index (χ1n) is 27.5. The van der Waals surface area contributed by atoms with Crippen molar-refractivity contribution in [1.29, 1.82) is 5.26 Å². The van der Waals surface area contributed by atoms with Crippen molar-refractivity contribution in [2.45, 2.75) is 0 Å². The third-order valence-corrected chi connectivity index (χ3v) is 19.3. The van der Waals surface area contributed by atoms with E-state index in [0.29, 0.717) is 16.8 Å². The van der Waals surface area contributed by atoms with Crippen molar-refractivity contribution in [1.82, 2.24) is 9.13 Å². The van der Waals surface area contributed by atoms with Crippen LogP contribution in [0.2, 0.25) is 0 Å². The summed E-state index contributed by atoms with van der Waals surface area (Å²) >= 11 is 3.59. The summed E-state index contributed by atoms with van der Waals surface area (Å²) in [5, 5.41) is 25.9. The molecule has 0 amide bonds. The van der Waals surface area contributed by atoms with Gasteiger partial charge in [-0.15, -0.1) is 22.7 Å². The Kier molecular flexibility index (Phi) is 10.1. The summed E-state index contributed by atoms with van der Waals surface area (Å²) in [6.07, 6.45) is 0. The van der Waals surface area contributed by atoms with Crippen molar-refractivity contribution in [2.75, 3.05) is 0 Å². The minimum atomic E-state index is 0.401. The molecule has 0 unspecified atom stereocenters. The van der Waals surface area contributed by atoms with Crippen LogP contribution in [0.25, 0.3) is 166 Å². The molecule has 4 heterocycles. The summed E-state index contributed by atoms with van der Waals surface area (Å²) in [5.41, 5.74) is 13.6. The molecule has 82 heavy (non-hydrogen) atoms. The van der Waals surface area contributed by atoms with Gasteiger partial charge in [0.15, 0.2) is 0 Å². The maximum absolute atomic E-state index is 12.6. The maximum atomic E-state index is 12.6. The summed E-state index contributed by atoms with van der Waals surface area (Å²) < 4.78 is 9.50. The highest BCUT2D eigenvalue weighted by Gasteiger charge is 2.33. The number of hydrogen-bond acceptors (Lipinski definition) is 3. The standard InChI is InChI=1S/C76H42N4S2/c1-78-70-68(53-30-28-47-20-8-10-22-49(47)40-53)63(44-77)71(79-64-42-51(45-16-4-2-5-17-45)32-34-55(64)59-36-38-61-57-24-12-14-26-66(57)81-75(61)72(59)79)69(54-31-29-48-21-9-11-23-50(48)41-54)74(70)80-65-43-52(46-18-6-3-7-19-46)33-35-56(65)60-37-39-62-58-25-13-15-27-67(58)82-76(62)73(60)80/h2-43H. The predicted molar refractivity (Wildman–Crippen MR) is 349 cm³/mol. The lowest BCUT2D eigenvalue weighted by molar-refractivity contribution is 1.14.